The van der Waals surface area contributed by atoms with Crippen molar-refractivity contribution in [1.29, 1.82) is 0 Å². The zero-order valence-electron chi connectivity index (χ0n) is 15.4. The molecule has 1 fully saturated rings. The number of halogens is 1. The van der Waals surface area contributed by atoms with Gasteiger partial charge < -0.3 is 20.3 Å². The van der Waals surface area contributed by atoms with Gasteiger partial charge in [0, 0.05) is 54.7 Å². The number of benzene rings is 2. The quantitative estimate of drug-likeness (QED) is 0.342. The van der Waals surface area contributed by atoms with Crippen LogP contribution in [-0.4, -0.2) is 54.5 Å². The number of nitrogens with zero attached hydrogens (tertiary/aromatic N) is 3. The molecule has 0 saturated carbocycles. The molecule has 1 amide bonds. The number of nitro groups is 1. The first kappa shape index (κ1) is 20.4. The van der Waals surface area contributed by atoms with Gasteiger partial charge in [-0.15, -0.1) is 0 Å². The Hall–Kier alpha value is -3.33. The number of nitrogens with two attached hydrogens (primary N) is 1. The molecule has 0 radical (unpaired) electrons. The summed E-state index contributed by atoms with van der Waals surface area (Å²) in [5.74, 6) is -1.22. The van der Waals surface area contributed by atoms with Crippen LogP contribution in [0.5, 0.6) is 0 Å². The highest BCUT2D eigenvalue weighted by molar-refractivity contribution is 6.30. The number of carbonyl (C=O) groups is 2. The fraction of sp³-hybridized carbons (Fsp3) is 0.263. The van der Waals surface area contributed by atoms with Crippen molar-refractivity contribution < 1.29 is 19.2 Å². The number of anilines is 2. The first-order valence-electron chi connectivity index (χ1n) is 8.84. The van der Waals surface area contributed by atoms with Crippen LogP contribution in [0.15, 0.2) is 42.5 Å². The van der Waals surface area contributed by atoms with Gasteiger partial charge in [0.15, 0.2) is 6.61 Å². The third-order valence-electron chi connectivity index (χ3n) is 4.60. The molecular formula is C19H19ClN4O5. The topological polar surface area (TPSA) is 119 Å². The minimum absolute atomic E-state index is 0.0446. The number of esters is 1. The highest BCUT2D eigenvalue weighted by atomic mass is 35.5. The number of amides is 1. The molecule has 10 heteroatoms. The highest BCUT2D eigenvalue weighted by Crippen LogP contribution is 2.22. The predicted molar refractivity (Wildman–Crippen MR) is 108 cm³/mol. The van der Waals surface area contributed by atoms with Crippen LogP contribution in [0.4, 0.5) is 17.1 Å². The van der Waals surface area contributed by atoms with Crippen LogP contribution in [0.25, 0.3) is 0 Å². The van der Waals surface area contributed by atoms with Crippen molar-refractivity contribution in [2.24, 2.45) is 0 Å². The number of non-ortho nitro benzene ring substituents is 1. The predicted octanol–water partition coefficient (Wildman–Crippen LogP) is 2.34. The van der Waals surface area contributed by atoms with Crippen LogP contribution in [0.3, 0.4) is 0 Å². The van der Waals surface area contributed by atoms with Gasteiger partial charge in [0.1, 0.15) is 0 Å². The van der Waals surface area contributed by atoms with E-state index >= 15 is 0 Å². The van der Waals surface area contributed by atoms with Gasteiger partial charge in [-0.25, -0.2) is 4.79 Å². The Bertz CT molecular complexity index is 944. The lowest BCUT2D eigenvalue weighted by Crippen LogP contribution is -2.49. The molecular weight excluding hydrogens is 400 g/mol. The molecule has 9 nitrogen and oxygen atoms in total. The van der Waals surface area contributed by atoms with Crippen LogP contribution in [0.2, 0.25) is 5.02 Å². The second kappa shape index (κ2) is 8.78. The number of nitro benzene ring substituents is 1. The summed E-state index contributed by atoms with van der Waals surface area (Å²) in [5, 5.41) is 11.5. The smallest absolute Gasteiger partial charge is 0.341 e. The summed E-state index contributed by atoms with van der Waals surface area (Å²) < 4.78 is 5.02. The number of rotatable bonds is 5. The largest absolute Gasteiger partial charge is 0.452 e. The summed E-state index contributed by atoms with van der Waals surface area (Å²) in [5.41, 5.74) is 6.29. The van der Waals surface area contributed by atoms with Crippen molar-refractivity contribution in [3.05, 3.63) is 63.2 Å². The third-order valence-corrected chi connectivity index (χ3v) is 4.84. The molecule has 0 spiro atoms. The van der Waals surface area contributed by atoms with Gasteiger partial charge in [0.25, 0.3) is 11.6 Å². The first-order valence-corrected chi connectivity index (χ1v) is 9.22. The fourth-order valence-electron chi connectivity index (χ4n) is 3.02. The monoisotopic (exact) mass is 418 g/mol. The van der Waals surface area contributed by atoms with E-state index in [2.05, 4.69) is 4.90 Å². The van der Waals surface area contributed by atoms with Crippen molar-refractivity contribution in [2.45, 2.75) is 0 Å². The molecule has 2 aromatic carbocycles. The Labute approximate surface area is 171 Å². The fourth-order valence-corrected chi connectivity index (χ4v) is 3.20. The van der Waals surface area contributed by atoms with Crippen LogP contribution in [0.1, 0.15) is 10.4 Å². The Morgan fingerprint density at radius 3 is 2.52 bits per heavy atom. The maximum atomic E-state index is 12.4. The first-order chi connectivity index (χ1) is 13.8. The van der Waals surface area contributed by atoms with Crippen LogP contribution >= 0.6 is 11.6 Å². The molecule has 2 aromatic rings. The molecule has 2 N–H and O–H groups in total. The summed E-state index contributed by atoms with van der Waals surface area (Å²) in [7, 11) is 0. The van der Waals surface area contributed by atoms with Gasteiger partial charge in [-0.05, 0) is 24.3 Å². The zero-order valence-corrected chi connectivity index (χ0v) is 16.2. The van der Waals surface area contributed by atoms with E-state index in [4.69, 9.17) is 22.1 Å². The summed E-state index contributed by atoms with van der Waals surface area (Å²) in [4.78, 5) is 38.5. The van der Waals surface area contributed by atoms with E-state index in [0.717, 1.165) is 11.8 Å². The Kier molecular flexibility index (Phi) is 6.18. The Morgan fingerprint density at radius 2 is 1.86 bits per heavy atom. The Morgan fingerprint density at radius 1 is 1.14 bits per heavy atom. The van der Waals surface area contributed by atoms with Crippen LogP contribution < -0.4 is 10.6 Å². The van der Waals surface area contributed by atoms with Gasteiger partial charge in [-0.3, -0.25) is 14.9 Å². The lowest BCUT2D eigenvalue weighted by Gasteiger charge is -2.36. The maximum Gasteiger partial charge on any atom is 0.341 e. The molecule has 29 heavy (non-hydrogen) atoms. The Balaban J connectivity index is 1.53. The summed E-state index contributed by atoms with van der Waals surface area (Å²) in [6, 6.07) is 11.0. The van der Waals surface area contributed by atoms with Gasteiger partial charge in [0.05, 0.1) is 10.5 Å². The zero-order chi connectivity index (χ0) is 21.0. The van der Waals surface area contributed by atoms with Gasteiger partial charge in [-0.2, -0.15) is 0 Å². The SMILES string of the molecule is Nc1ccc([N+](=O)[O-])cc1C(=O)OCC(=O)N1CCN(c2cccc(Cl)c2)CC1. The van der Waals surface area contributed by atoms with Crippen molar-refractivity contribution in [3.63, 3.8) is 0 Å². The molecule has 0 aliphatic carbocycles. The molecule has 1 saturated heterocycles. The standard InChI is InChI=1S/C19H19ClN4O5/c20-13-2-1-3-14(10-13)22-6-8-23(9-7-22)18(25)12-29-19(26)16-11-15(24(27)28)4-5-17(16)21/h1-5,10-11H,6-9,12,21H2. The van der Waals surface area contributed by atoms with Crippen LogP contribution in [0, 0.1) is 10.1 Å². The van der Waals surface area contributed by atoms with E-state index in [1.165, 1.54) is 12.1 Å². The third kappa shape index (κ3) is 4.94. The lowest BCUT2D eigenvalue weighted by molar-refractivity contribution is -0.384. The lowest BCUT2D eigenvalue weighted by atomic mass is 10.1. The van der Waals surface area contributed by atoms with Gasteiger partial charge in [0.2, 0.25) is 0 Å². The minimum Gasteiger partial charge on any atom is -0.452 e. The van der Waals surface area contributed by atoms with E-state index in [1.54, 1.807) is 11.0 Å². The normalized spacial score (nSPS) is 13.8. The number of nitrogen functional groups attached to an aromatic ring is 1. The molecule has 0 aromatic heterocycles. The molecule has 152 valence electrons. The molecule has 1 aliphatic heterocycles. The second-order valence-corrected chi connectivity index (χ2v) is 6.89. The molecule has 0 unspecified atom stereocenters. The highest BCUT2D eigenvalue weighted by Gasteiger charge is 2.23. The number of ether oxygens (including phenoxy) is 1. The van der Waals surface area contributed by atoms with Crippen molar-refractivity contribution >= 4 is 40.5 Å². The van der Waals surface area contributed by atoms with Gasteiger partial charge >= 0.3 is 5.97 Å². The molecule has 0 bridgehead atoms. The summed E-state index contributed by atoms with van der Waals surface area (Å²) in [6.45, 7) is 1.73. The van der Waals surface area contributed by atoms with E-state index in [1.807, 2.05) is 18.2 Å². The van der Waals surface area contributed by atoms with Crippen molar-refractivity contribution in [1.82, 2.24) is 4.90 Å². The summed E-state index contributed by atoms with van der Waals surface area (Å²) >= 11 is 6.02. The van der Waals surface area contributed by atoms with Crippen molar-refractivity contribution in [3.8, 4) is 0 Å². The minimum atomic E-state index is -0.878. The molecule has 3 rings (SSSR count). The van der Waals surface area contributed by atoms with Gasteiger partial charge in [-0.1, -0.05) is 17.7 Å². The average molecular weight is 419 g/mol. The molecule has 1 heterocycles. The molecule has 0 atom stereocenters. The van der Waals surface area contributed by atoms with E-state index in [-0.39, 0.29) is 22.8 Å². The van der Waals surface area contributed by atoms with Crippen LogP contribution in [-0.2, 0) is 9.53 Å². The van der Waals surface area contributed by atoms with Crippen molar-refractivity contribution in [2.75, 3.05) is 43.4 Å². The van der Waals surface area contributed by atoms with E-state index in [0.29, 0.717) is 31.2 Å². The number of hydrogen-bond donors (Lipinski definition) is 1. The second-order valence-electron chi connectivity index (χ2n) is 6.45. The summed E-state index contributed by atoms with van der Waals surface area (Å²) in [6.07, 6.45) is 0. The maximum absolute atomic E-state index is 12.4. The number of hydrogen-bond acceptors (Lipinski definition) is 7. The average Bonchev–Trinajstić information content (AvgIpc) is 2.72. The van der Waals surface area contributed by atoms with E-state index in [9.17, 15) is 19.7 Å². The number of piperazine rings is 1. The molecule has 1 aliphatic rings. The number of carbonyl (C=O) groups excluding carboxylic acids is 2. The van der Waals surface area contributed by atoms with E-state index < -0.39 is 17.5 Å².